The summed E-state index contributed by atoms with van der Waals surface area (Å²) >= 11 is 0. The number of carbonyl (C=O) groups excluding carboxylic acids is 1. The first-order chi connectivity index (χ1) is 14.7. The van der Waals surface area contributed by atoms with Crippen molar-refractivity contribution in [2.24, 2.45) is 0 Å². The van der Waals surface area contributed by atoms with E-state index in [0.717, 1.165) is 5.56 Å². The molecular formula is C25H21NO5. The van der Waals surface area contributed by atoms with Gasteiger partial charge in [-0.1, -0.05) is 45.0 Å². The number of esters is 1. The summed E-state index contributed by atoms with van der Waals surface area (Å²) < 4.78 is 11.2. The van der Waals surface area contributed by atoms with Crippen LogP contribution in [0.1, 0.15) is 37.7 Å². The summed E-state index contributed by atoms with van der Waals surface area (Å²) in [6, 6.07) is 17.5. The molecule has 6 nitrogen and oxygen atoms in total. The zero-order valence-corrected chi connectivity index (χ0v) is 17.4. The van der Waals surface area contributed by atoms with Gasteiger partial charge in [0, 0.05) is 23.3 Å². The number of nitro benzene ring substituents is 1. The Labute approximate surface area is 179 Å². The fraction of sp³-hybridized carbons (Fsp3) is 0.160. The average molecular weight is 415 g/mol. The molecule has 0 amide bonds. The Morgan fingerprint density at radius 3 is 2.16 bits per heavy atom. The van der Waals surface area contributed by atoms with Gasteiger partial charge in [-0.25, -0.2) is 4.79 Å². The Kier molecular flexibility index (Phi) is 5.07. The van der Waals surface area contributed by atoms with E-state index in [1.54, 1.807) is 36.4 Å². The van der Waals surface area contributed by atoms with Gasteiger partial charge in [-0.2, -0.15) is 0 Å². The molecule has 0 N–H and O–H groups in total. The Hall–Kier alpha value is -3.93. The molecule has 0 bridgehead atoms. The quantitative estimate of drug-likeness (QED) is 0.221. The Morgan fingerprint density at radius 1 is 0.903 bits per heavy atom. The molecule has 1 aromatic heterocycles. The molecule has 3 aromatic rings. The molecule has 0 spiro atoms. The van der Waals surface area contributed by atoms with Gasteiger partial charge in [-0.05, 0) is 47.4 Å². The van der Waals surface area contributed by atoms with Gasteiger partial charge >= 0.3 is 5.97 Å². The highest BCUT2D eigenvalue weighted by Gasteiger charge is 2.23. The lowest BCUT2D eigenvalue weighted by Crippen LogP contribution is -2.10. The van der Waals surface area contributed by atoms with Crippen LogP contribution < -0.4 is 0 Å². The van der Waals surface area contributed by atoms with E-state index in [9.17, 15) is 14.9 Å². The number of benzene rings is 2. The monoisotopic (exact) mass is 415 g/mol. The van der Waals surface area contributed by atoms with Crippen LogP contribution in [0.15, 0.2) is 76.7 Å². The van der Waals surface area contributed by atoms with Crippen molar-refractivity contribution in [1.29, 1.82) is 0 Å². The highest BCUT2D eigenvalue weighted by Crippen LogP contribution is 2.31. The third-order valence-corrected chi connectivity index (χ3v) is 5.05. The SMILES string of the molecule is CC(C)(C)c1ccc(C2=C/C(=C\c3ccc(-c4ccc([N+](=O)[O-])cc4)o3)C(=O)O2)cc1. The second-order valence-electron chi connectivity index (χ2n) is 8.33. The first-order valence-corrected chi connectivity index (χ1v) is 9.82. The highest BCUT2D eigenvalue weighted by atomic mass is 16.6. The number of nitro groups is 1. The number of carbonyl (C=O) groups is 1. The van der Waals surface area contributed by atoms with E-state index in [1.807, 2.05) is 24.3 Å². The van der Waals surface area contributed by atoms with Crippen molar-refractivity contribution in [3.8, 4) is 11.3 Å². The summed E-state index contributed by atoms with van der Waals surface area (Å²) in [5.74, 6) is 1.10. The maximum absolute atomic E-state index is 12.3. The molecule has 2 aromatic carbocycles. The summed E-state index contributed by atoms with van der Waals surface area (Å²) in [6.45, 7) is 6.43. The topological polar surface area (TPSA) is 82.6 Å². The fourth-order valence-corrected chi connectivity index (χ4v) is 3.25. The predicted molar refractivity (Wildman–Crippen MR) is 118 cm³/mol. The van der Waals surface area contributed by atoms with Gasteiger partial charge in [0.15, 0.2) is 0 Å². The van der Waals surface area contributed by atoms with Crippen LogP contribution in [0.25, 0.3) is 23.2 Å². The van der Waals surface area contributed by atoms with Crippen molar-refractivity contribution >= 4 is 23.5 Å². The van der Waals surface area contributed by atoms with Gasteiger partial charge < -0.3 is 9.15 Å². The standard InChI is InChI=1S/C25H21NO5/c1-25(2,3)19-8-4-17(5-9-19)23-15-18(24(27)31-23)14-21-12-13-22(30-21)16-6-10-20(11-7-16)26(28)29/h4-15H,1-3H3/b18-14+. The molecule has 0 aliphatic carbocycles. The molecule has 6 heteroatoms. The van der Waals surface area contributed by atoms with Gasteiger partial charge in [0.25, 0.3) is 5.69 Å². The lowest BCUT2D eigenvalue weighted by atomic mass is 9.86. The maximum atomic E-state index is 12.3. The minimum Gasteiger partial charge on any atom is -0.457 e. The summed E-state index contributed by atoms with van der Waals surface area (Å²) in [4.78, 5) is 22.7. The smallest absolute Gasteiger partial charge is 0.343 e. The first-order valence-electron chi connectivity index (χ1n) is 9.82. The normalized spacial score (nSPS) is 15.1. The van der Waals surface area contributed by atoms with Crippen molar-refractivity contribution < 1.29 is 18.9 Å². The Balaban J connectivity index is 1.56. The van der Waals surface area contributed by atoms with Gasteiger partial charge in [-0.15, -0.1) is 0 Å². The number of cyclic esters (lactones) is 1. The molecule has 1 aliphatic heterocycles. The van der Waals surface area contributed by atoms with E-state index in [1.165, 1.54) is 17.7 Å². The molecular weight excluding hydrogens is 394 g/mol. The molecule has 31 heavy (non-hydrogen) atoms. The largest absolute Gasteiger partial charge is 0.457 e. The van der Waals surface area contributed by atoms with E-state index in [4.69, 9.17) is 9.15 Å². The molecule has 0 radical (unpaired) electrons. The number of non-ortho nitro benzene ring substituents is 1. The van der Waals surface area contributed by atoms with Crippen LogP contribution in [0.4, 0.5) is 5.69 Å². The van der Waals surface area contributed by atoms with Crippen LogP contribution >= 0.6 is 0 Å². The Bertz CT molecular complexity index is 1210. The third-order valence-electron chi connectivity index (χ3n) is 5.05. The van der Waals surface area contributed by atoms with Crippen molar-refractivity contribution in [1.82, 2.24) is 0 Å². The Morgan fingerprint density at radius 2 is 1.55 bits per heavy atom. The molecule has 4 rings (SSSR count). The van der Waals surface area contributed by atoms with Crippen LogP contribution in [-0.4, -0.2) is 10.9 Å². The second-order valence-corrected chi connectivity index (χ2v) is 8.33. The summed E-state index contributed by atoms with van der Waals surface area (Å²) in [6.07, 6.45) is 3.32. The molecule has 0 unspecified atom stereocenters. The zero-order valence-electron chi connectivity index (χ0n) is 17.4. The second kappa shape index (κ2) is 7.72. The van der Waals surface area contributed by atoms with E-state index in [-0.39, 0.29) is 11.1 Å². The third kappa shape index (κ3) is 4.33. The number of nitrogens with zero attached hydrogens (tertiary/aromatic N) is 1. The summed E-state index contributed by atoms with van der Waals surface area (Å²) in [5.41, 5.74) is 3.19. The average Bonchev–Trinajstić information content (AvgIpc) is 3.35. The minimum absolute atomic E-state index is 0.0135. The van der Waals surface area contributed by atoms with Crippen LogP contribution in [-0.2, 0) is 14.9 Å². The van der Waals surface area contributed by atoms with Gasteiger partial charge in [-0.3, -0.25) is 10.1 Å². The highest BCUT2D eigenvalue weighted by molar-refractivity contribution is 6.04. The lowest BCUT2D eigenvalue weighted by Gasteiger charge is -2.19. The molecule has 0 atom stereocenters. The predicted octanol–water partition coefficient (Wildman–Crippen LogP) is 6.13. The van der Waals surface area contributed by atoms with Gasteiger partial charge in [0.05, 0.1) is 10.5 Å². The summed E-state index contributed by atoms with van der Waals surface area (Å²) in [7, 11) is 0. The zero-order chi connectivity index (χ0) is 22.2. The molecule has 156 valence electrons. The van der Waals surface area contributed by atoms with Crippen molar-refractivity contribution in [3.63, 3.8) is 0 Å². The van der Waals surface area contributed by atoms with Crippen molar-refractivity contribution in [3.05, 3.63) is 99.3 Å². The van der Waals surface area contributed by atoms with Crippen LogP contribution in [0, 0.1) is 10.1 Å². The van der Waals surface area contributed by atoms with Gasteiger partial charge in [0.1, 0.15) is 17.3 Å². The van der Waals surface area contributed by atoms with Crippen LogP contribution in [0.5, 0.6) is 0 Å². The number of rotatable bonds is 4. The van der Waals surface area contributed by atoms with E-state index in [0.29, 0.717) is 28.4 Å². The van der Waals surface area contributed by atoms with Crippen LogP contribution in [0.3, 0.4) is 0 Å². The number of hydrogen-bond donors (Lipinski definition) is 0. The van der Waals surface area contributed by atoms with E-state index < -0.39 is 10.9 Å². The molecule has 0 saturated heterocycles. The number of ether oxygens (including phenoxy) is 1. The number of furan rings is 1. The van der Waals surface area contributed by atoms with Gasteiger partial charge in [0.2, 0.25) is 0 Å². The van der Waals surface area contributed by atoms with E-state index in [2.05, 4.69) is 20.8 Å². The fourth-order valence-electron chi connectivity index (χ4n) is 3.25. The minimum atomic E-state index is -0.450. The number of hydrogen-bond acceptors (Lipinski definition) is 5. The van der Waals surface area contributed by atoms with Crippen LogP contribution in [0.2, 0.25) is 0 Å². The first kappa shape index (κ1) is 20.3. The molecule has 0 saturated carbocycles. The van der Waals surface area contributed by atoms with E-state index >= 15 is 0 Å². The molecule has 0 fully saturated rings. The maximum Gasteiger partial charge on any atom is 0.343 e. The molecule has 1 aliphatic rings. The molecule has 2 heterocycles. The van der Waals surface area contributed by atoms with Crippen molar-refractivity contribution in [2.75, 3.05) is 0 Å². The van der Waals surface area contributed by atoms with Crippen molar-refractivity contribution in [2.45, 2.75) is 26.2 Å². The lowest BCUT2D eigenvalue weighted by molar-refractivity contribution is -0.384. The summed E-state index contributed by atoms with van der Waals surface area (Å²) in [5, 5.41) is 10.8.